The Hall–Kier alpha value is -0.760. The Kier molecular flexibility index (Phi) is 59.3. The predicted molar refractivity (Wildman–Crippen MR) is 337 cm³/mol. The van der Waals surface area contributed by atoms with E-state index in [0.29, 0.717) is 23.9 Å². The smallest absolute Gasteiger partial charge is 0.391 e. The quantitative estimate of drug-likeness (QED) is 0.0243. The van der Waals surface area contributed by atoms with E-state index < -0.39 is 20.0 Å². The highest BCUT2D eigenvalue weighted by atomic mass is 31.2. The SMILES string of the molecule is CCCCCCCCCC/C=C\CCCCCCCCCCCCCC(=O)NC(COP(=O)(O)OCC[N+](C)(C)C)C(O)CCCCCCCCCCCCCCCCCCCCCCCCCCCCCCCCCC. The molecule has 0 aromatic rings. The Morgan fingerprint density at radius 2 is 0.701 bits per heavy atom. The van der Waals surface area contributed by atoms with Crippen LogP contribution in [0.4, 0.5) is 0 Å². The summed E-state index contributed by atoms with van der Waals surface area (Å²) in [6.07, 6.45) is 76.0. The van der Waals surface area contributed by atoms with E-state index >= 15 is 0 Å². The van der Waals surface area contributed by atoms with Crippen LogP contribution in [0.15, 0.2) is 12.2 Å². The lowest BCUT2D eigenvalue weighted by atomic mass is 10.0. The number of hydrogen-bond acceptors (Lipinski definition) is 5. The van der Waals surface area contributed by atoms with Crippen LogP contribution in [0.1, 0.15) is 367 Å². The maximum absolute atomic E-state index is 13.1. The first kappa shape index (κ1) is 76.2. The van der Waals surface area contributed by atoms with Gasteiger partial charge in [0, 0.05) is 6.42 Å². The normalized spacial score (nSPS) is 13.7. The summed E-state index contributed by atoms with van der Waals surface area (Å²) in [5, 5.41) is 14.1. The fourth-order valence-corrected chi connectivity index (χ4v) is 11.6. The second-order valence-electron chi connectivity index (χ2n) is 25.3. The molecule has 0 rings (SSSR count). The molecule has 0 spiro atoms. The molecule has 0 bridgehead atoms. The number of allylic oxidation sites excluding steroid dienone is 2. The lowest BCUT2D eigenvalue weighted by molar-refractivity contribution is -0.870. The van der Waals surface area contributed by atoms with Gasteiger partial charge < -0.3 is 19.8 Å². The lowest BCUT2D eigenvalue weighted by Crippen LogP contribution is -2.46. The summed E-state index contributed by atoms with van der Waals surface area (Å²) >= 11 is 0. The van der Waals surface area contributed by atoms with Gasteiger partial charge in [0.2, 0.25) is 5.91 Å². The van der Waals surface area contributed by atoms with Crippen molar-refractivity contribution < 1.29 is 32.9 Å². The van der Waals surface area contributed by atoms with Crippen molar-refractivity contribution in [2.24, 2.45) is 0 Å². The first-order chi connectivity index (χ1) is 37.5. The van der Waals surface area contributed by atoms with Crippen LogP contribution in [-0.4, -0.2) is 73.4 Å². The van der Waals surface area contributed by atoms with Gasteiger partial charge in [-0.1, -0.05) is 334 Å². The second-order valence-corrected chi connectivity index (χ2v) is 26.7. The van der Waals surface area contributed by atoms with Gasteiger partial charge in [-0.15, -0.1) is 0 Å². The molecule has 0 aliphatic carbocycles. The first-order valence-corrected chi connectivity index (χ1v) is 36.0. The van der Waals surface area contributed by atoms with Gasteiger partial charge in [-0.25, -0.2) is 4.57 Å². The van der Waals surface area contributed by atoms with Gasteiger partial charge in [0.05, 0.1) is 39.9 Å². The molecule has 0 aliphatic heterocycles. The van der Waals surface area contributed by atoms with E-state index in [2.05, 4.69) is 31.3 Å². The number of unbranched alkanes of at least 4 members (excludes halogenated alkanes) is 50. The number of amides is 1. The first-order valence-electron chi connectivity index (χ1n) is 34.6. The van der Waals surface area contributed by atoms with Gasteiger partial charge in [0.25, 0.3) is 0 Å². The third kappa shape index (κ3) is 62.7. The minimum atomic E-state index is -4.33. The summed E-state index contributed by atoms with van der Waals surface area (Å²) in [4.78, 5) is 23.4. The third-order valence-corrected chi connectivity index (χ3v) is 17.2. The number of rotatable bonds is 65. The van der Waals surface area contributed by atoms with Crippen molar-refractivity contribution >= 4 is 13.7 Å². The van der Waals surface area contributed by atoms with Crippen molar-refractivity contribution in [1.29, 1.82) is 0 Å². The van der Waals surface area contributed by atoms with E-state index in [9.17, 15) is 19.4 Å². The fraction of sp³-hybridized carbons (Fsp3) is 0.956. The molecule has 9 heteroatoms. The zero-order chi connectivity index (χ0) is 56.3. The number of phosphoric ester groups is 1. The van der Waals surface area contributed by atoms with Crippen molar-refractivity contribution in [2.75, 3.05) is 40.9 Å². The molecule has 0 radical (unpaired) electrons. The number of carbonyl (C=O) groups is 1. The number of carbonyl (C=O) groups excluding carboxylic acids is 1. The molecule has 3 unspecified atom stereocenters. The molecule has 1 amide bonds. The summed E-state index contributed by atoms with van der Waals surface area (Å²) in [5.41, 5.74) is 0. The zero-order valence-corrected chi connectivity index (χ0v) is 53.6. The van der Waals surface area contributed by atoms with E-state index in [1.165, 1.54) is 302 Å². The number of likely N-dealkylation sites (N-methyl/N-ethyl adjacent to an activating group) is 1. The zero-order valence-electron chi connectivity index (χ0n) is 52.7. The Morgan fingerprint density at radius 3 is 1.00 bits per heavy atom. The number of hydrogen-bond donors (Lipinski definition) is 3. The molecular formula is C68H138N2O6P+. The number of nitrogens with zero attached hydrogens (tertiary/aromatic N) is 1. The Bertz CT molecular complexity index is 1260. The van der Waals surface area contributed by atoms with Crippen molar-refractivity contribution in [3.05, 3.63) is 12.2 Å². The van der Waals surface area contributed by atoms with Gasteiger partial charge in [0.15, 0.2) is 0 Å². The van der Waals surface area contributed by atoms with Crippen LogP contribution in [0.5, 0.6) is 0 Å². The monoisotopic (exact) mass is 1110 g/mol. The van der Waals surface area contributed by atoms with Gasteiger partial charge in [0.1, 0.15) is 13.2 Å². The molecule has 0 aliphatic rings. The maximum Gasteiger partial charge on any atom is 0.472 e. The van der Waals surface area contributed by atoms with Crippen LogP contribution in [0, 0.1) is 0 Å². The standard InChI is InChI=1S/C68H137N2O6P/c1-6-8-10-12-14-16-18-20-22-24-26-28-30-31-32-33-34-35-36-37-38-40-41-43-45-47-49-51-53-55-57-59-61-67(71)66(65-76-77(73,74)75-64-63-70(3,4)5)69-68(72)62-60-58-56-54-52-50-48-46-44-42-39-29-27-25-23-21-19-17-15-13-11-9-7-2/h25,27,66-67,71H,6-24,26,28-65H2,1-5H3,(H-,69,72,73,74)/p+1/b27-25-. The van der Waals surface area contributed by atoms with Crippen molar-refractivity contribution in [2.45, 2.75) is 379 Å². The minimum absolute atomic E-state index is 0.0775. The van der Waals surface area contributed by atoms with Gasteiger partial charge in [-0.2, -0.15) is 0 Å². The molecular weight excluding hydrogens is 972 g/mol. The van der Waals surface area contributed by atoms with Crippen molar-refractivity contribution in [3.8, 4) is 0 Å². The summed E-state index contributed by atoms with van der Waals surface area (Å²) in [6, 6.07) is -0.760. The fourth-order valence-electron chi connectivity index (χ4n) is 10.9. The number of aliphatic hydroxyl groups is 1. The van der Waals surface area contributed by atoms with Gasteiger partial charge in [-0.3, -0.25) is 13.8 Å². The molecule has 0 aromatic heterocycles. The molecule has 0 aromatic carbocycles. The van der Waals surface area contributed by atoms with Crippen LogP contribution in [0.3, 0.4) is 0 Å². The van der Waals surface area contributed by atoms with Gasteiger partial charge in [-0.05, 0) is 38.5 Å². The summed E-state index contributed by atoms with van der Waals surface area (Å²) < 4.78 is 23.9. The Morgan fingerprint density at radius 1 is 0.429 bits per heavy atom. The number of aliphatic hydroxyl groups excluding tert-OH is 1. The second kappa shape index (κ2) is 59.8. The number of nitrogens with one attached hydrogen (secondary N) is 1. The van der Waals surface area contributed by atoms with Crippen molar-refractivity contribution in [1.82, 2.24) is 5.32 Å². The van der Waals surface area contributed by atoms with E-state index in [4.69, 9.17) is 9.05 Å². The maximum atomic E-state index is 13.1. The highest BCUT2D eigenvalue weighted by Crippen LogP contribution is 2.43. The average Bonchev–Trinajstić information content (AvgIpc) is 3.39. The van der Waals surface area contributed by atoms with Crippen LogP contribution in [0.2, 0.25) is 0 Å². The topological polar surface area (TPSA) is 105 Å². The Labute approximate surface area is 482 Å². The molecule has 3 atom stereocenters. The summed E-state index contributed by atoms with van der Waals surface area (Å²) in [5.74, 6) is -0.138. The van der Waals surface area contributed by atoms with Gasteiger partial charge >= 0.3 is 7.82 Å². The lowest BCUT2D eigenvalue weighted by Gasteiger charge is -2.26. The average molecular weight is 1110 g/mol. The van der Waals surface area contributed by atoms with E-state index in [1.807, 2.05) is 21.1 Å². The van der Waals surface area contributed by atoms with Crippen LogP contribution < -0.4 is 5.32 Å². The number of quaternary nitrogens is 1. The minimum Gasteiger partial charge on any atom is -0.391 e. The molecule has 77 heavy (non-hydrogen) atoms. The highest BCUT2D eigenvalue weighted by Gasteiger charge is 2.28. The Balaban J connectivity index is 3.99. The van der Waals surface area contributed by atoms with E-state index in [1.54, 1.807) is 0 Å². The molecule has 0 saturated heterocycles. The summed E-state index contributed by atoms with van der Waals surface area (Å²) in [6.45, 7) is 4.95. The third-order valence-electron chi connectivity index (χ3n) is 16.3. The largest absolute Gasteiger partial charge is 0.472 e. The molecule has 3 N–H and O–H groups in total. The molecule has 0 fully saturated rings. The molecule has 460 valence electrons. The molecule has 0 saturated carbocycles. The summed E-state index contributed by atoms with van der Waals surface area (Å²) in [7, 11) is 1.64. The number of phosphoric acid groups is 1. The van der Waals surface area contributed by atoms with E-state index in [0.717, 1.165) is 38.5 Å². The van der Waals surface area contributed by atoms with Crippen LogP contribution >= 0.6 is 7.82 Å². The van der Waals surface area contributed by atoms with Crippen molar-refractivity contribution in [3.63, 3.8) is 0 Å². The van der Waals surface area contributed by atoms with Crippen LogP contribution in [-0.2, 0) is 18.4 Å². The molecule has 8 nitrogen and oxygen atoms in total. The molecule has 0 heterocycles. The highest BCUT2D eigenvalue weighted by molar-refractivity contribution is 7.47. The van der Waals surface area contributed by atoms with E-state index in [-0.39, 0.29) is 19.1 Å². The predicted octanol–water partition coefficient (Wildman–Crippen LogP) is 21.7. The van der Waals surface area contributed by atoms with Crippen LogP contribution in [0.25, 0.3) is 0 Å².